The maximum atomic E-state index is 14.9. The number of ketones is 1. The topological polar surface area (TPSA) is 67.4 Å². The number of alkyl halides is 4. The number of amides is 2. The van der Waals surface area contributed by atoms with Gasteiger partial charge < -0.3 is 15.4 Å². The molecule has 1 atom stereocenters. The second kappa shape index (κ2) is 11.6. The lowest BCUT2D eigenvalue weighted by molar-refractivity contribution is -0.253. The molecule has 1 aliphatic carbocycles. The smallest absolute Gasteiger partial charge is 0.428 e. The number of hydrogen-bond acceptors (Lipinski definition) is 3. The summed E-state index contributed by atoms with van der Waals surface area (Å²) in [6.45, 7) is 1.46. The van der Waals surface area contributed by atoms with Crippen molar-refractivity contribution in [3.63, 3.8) is 0 Å². The van der Waals surface area contributed by atoms with Crippen molar-refractivity contribution in [3.8, 4) is 5.75 Å². The first-order chi connectivity index (χ1) is 18.9. The average molecular weight is 565 g/mol. The van der Waals surface area contributed by atoms with Crippen molar-refractivity contribution in [2.24, 2.45) is 5.92 Å². The summed E-state index contributed by atoms with van der Waals surface area (Å²) in [5, 5.41) is 5.55. The Morgan fingerprint density at radius 2 is 1.57 bits per heavy atom. The summed E-state index contributed by atoms with van der Waals surface area (Å²) in [6, 6.07) is 14.8. The molecule has 1 aliphatic rings. The van der Waals surface area contributed by atoms with Crippen LogP contribution < -0.4 is 15.4 Å². The normalized spacial score (nSPS) is 18.4. The third-order valence-corrected chi connectivity index (χ3v) is 6.90. The molecule has 40 heavy (non-hydrogen) atoms. The van der Waals surface area contributed by atoms with E-state index in [2.05, 4.69) is 15.4 Å². The number of urea groups is 1. The van der Waals surface area contributed by atoms with Gasteiger partial charge in [-0.1, -0.05) is 42.5 Å². The molecule has 0 bridgehead atoms. The van der Waals surface area contributed by atoms with Crippen LogP contribution in [0, 0.1) is 17.6 Å². The van der Waals surface area contributed by atoms with Crippen LogP contribution in [0.2, 0.25) is 0 Å². The van der Waals surface area contributed by atoms with Crippen molar-refractivity contribution in [1.29, 1.82) is 0 Å². The van der Waals surface area contributed by atoms with Gasteiger partial charge in [-0.3, -0.25) is 4.79 Å². The fourth-order valence-corrected chi connectivity index (χ4v) is 4.75. The predicted octanol–water partition coefficient (Wildman–Crippen LogP) is 6.35. The number of rotatable bonds is 10. The minimum absolute atomic E-state index is 0.00363. The summed E-state index contributed by atoms with van der Waals surface area (Å²) >= 11 is 0. The van der Waals surface area contributed by atoms with Gasteiger partial charge in [0.25, 0.3) is 0 Å². The lowest BCUT2D eigenvalue weighted by Gasteiger charge is -2.39. The Morgan fingerprint density at radius 3 is 2.17 bits per heavy atom. The quantitative estimate of drug-likeness (QED) is 0.282. The van der Waals surface area contributed by atoms with E-state index >= 15 is 0 Å². The average Bonchev–Trinajstić information content (AvgIpc) is 2.85. The molecule has 0 aromatic heterocycles. The molecule has 2 N–H and O–H groups in total. The summed E-state index contributed by atoms with van der Waals surface area (Å²) in [4.78, 5) is 24.9. The van der Waals surface area contributed by atoms with Crippen molar-refractivity contribution in [3.05, 3.63) is 101 Å². The fourth-order valence-electron chi connectivity index (χ4n) is 4.75. The third-order valence-electron chi connectivity index (χ3n) is 6.90. The van der Waals surface area contributed by atoms with E-state index in [1.54, 1.807) is 30.3 Å². The summed E-state index contributed by atoms with van der Waals surface area (Å²) in [5.74, 6) is -2.79. The summed E-state index contributed by atoms with van der Waals surface area (Å²) in [5.41, 5.74) is -0.950. The SMILES string of the molecule is CC(=O)C1CC(NC(=O)NC(Cc2ccccc2)(c2ccc(F)cc2)c2cc(F)cc(OC(F)(F)C(F)F)c2)C1. The van der Waals surface area contributed by atoms with Crippen LogP contribution in [0.4, 0.5) is 31.1 Å². The number of nitrogens with one attached hydrogen (secondary N) is 2. The molecule has 11 heteroatoms. The van der Waals surface area contributed by atoms with Gasteiger partial charge in [-0.2, -0.15) is 17.6 Å². The zero-order valence-corrected chi connectivity index (χ0v) is 21.3. The van der Waals surface area contributed by atoms with E-state index < -0.39 is 41.5 Å². The molecule has 0 radical (unpaired) electrons. The highest BCUT2D eigenvalue weighted by Gasteiger charge is 2.45. The summed E-state index contributed by atoms with van der Waals surface area (Å²) in [6.07, 6.45) is -8.32. The van der Waals surface area contributed by atoms with Gasteiger partial charge in [0, 0.05) is 24.4 Å². The van der Waals surface area contributed by atoms with Crippen molar-refractivity contribution < 1.29 is 40.7 Å². The summed E-state index contributed by atoms with van der Waals surface area (Å²) in [7, 11) is 0. The third kappa shape index (κ3) is 6.57. The first-order valence-corrected chi connectivity index (χ1v) is 12.4. The fraction of sp³-hybridized carbons (Fsp3) is 0.310. The highest BCUT2D eigenvalue weighted by atomic mass is 19.3. The van der Waals surface area contributed by atoms with Crippen molar-refractivity contribution in [2.75, 3.05) is 0 Å². The van der Waals surface area contributed by atoms with E-state index in [0.717, 1.165) is 24.3 Å². The molecule has 0 spiro atoms. The van der Waals surface area contributed by atoms with E-state index in [9.17, 15) is 35.9 Å². The van der Waals surface area contributed by atoms with Crippen molar-refractivity contribution >= 4 is 11.8 Å². The molecule has 4 rings (SSSR count). The molecule has 1 saturated carbocycles. The number of carbonyl (C=O) groups excluding carboxylic acids is 2. The van der Waals surface area contributed by atoms with E-state index in [0.29, 0.717) is 24.5 Å². The predicted molar refractivity (Wildman–Crippen MR) is 134 cm³/mol. The Balaban J connectivity index is 1.81. The molecule has 3 aromatic rings. The Kier molecular flexibility index (Phi) is 8.41. The molecule has 212 valence electrons. The molecule has 5 nitrogen and oxygen atoms in total. The number of ether oxygens (including phenoxy) is 1. The van der Waals surface area contributed by atoms with Crippen molar-refractivity contribution in [2.45, 2.75) is 50.3 Å². The Labute approximate surface area is 226 Å². The molecule has 1 unspecified atom stereocenters. The molecule has 2 amide bonds. The van der Waals surface area contributed by atoms with Crippen LogP contribution in [0.1, 0.15) is 36.5 Å². The van der Waals surface area contributed by atoms with Gasteiger partial charge >= 0.3 is 18.6 Å². The van der Waals surface area contributed by atoms with E-state index in [1.165, 1.54) is 19.1 Å². The zero-order chi connectivity index (χ0) is 29.1. The lowest BCUT2D eigenvalue weighted by atomic mass is 9.77. The van der Waals surface area contributed by atoms with Crippen LogP contribution in [-0.4, -0.2) is 30.4 Å². The highest BCUT2D eigenvalue weighted by Crippen LogP contribution is 2.38. The zero-order valence-electron chi connectivity index (χ0n) is 21.3. The minimum Gasteiger partial charge on any atom is -0.428 e. The first-order valence-electron chi connectivity index (χ1n) is 12.4. The van der Waals surface area contributed by atoms with E-state index in [-0.39, 0.29) is 35.3 Å². The first kappa shape index (κ1) is 29.0. The highest BCUT2D eigenvalue weighted by molar-refractivity contribution is 5.81. The Bertz CT molecular complexity index is 1350. The van der Waals surface area contributed by atoms with Crippen LogP contribution in [0.5, 0.6) is 5.75 Å². The number of Topliss-reactive ketones (excluding diaryl/α,β-unsaturated/α-hetero) is 1. The largest absolute Gasteiger partial charge is 0.461 e. The van der Waals surface area contributed by atoms with Crippen LogP contribution in [-0.2, 0) is 16.8 Å². The molecule has 1 fully saturated rings. The second-order valence-corrected chi connectivity index (χ2v) is 9.79. The van der Waals surface area contributed by atoms with Crippen LogP contribution in [0.25, 0.3) is 0 Å². The van der Waals surface area contributed by atoms with Crippen molar-refractivity contribution in [1.82, 2.24) is 10.6 Å². The van der Waals surface area contributed by atoms with Gasteiger partial charge in [0.15, 0.2) is 0 Å². The van der Waals surface area contributed by atoms with Gasteiger partial charge in [0.05, 0.1) is 5.54 Å². The van der Waals surface area contributed by atoms with Gasteiger partial charge in [-0.05, 0) is 60.7 Å². The minimum atomic E-state index is -4.91. The van der Waals surface area contributed by atoms with Crippen LogP contribution in [0.15, 0.2) is 72.8 Å². The standard InChI is InChI=1S/C29H26F6N2O3/c1-17(38)19-11-24(12-19)36-27(39)37-28(16-18-5-3-2-4-6-18,20-7-9-22(30)10-8-20)21-13-23(31)15-25(14-21)40-29(34,35)26(32)33/h2-10,13-15,19,24,26H,11-12,16H2,1H3,(H2,36,37,39). The maximum Gasteiger partial charge on any atom is 0.461 e. The van der Waals surface area contributed by atoms with E-state index in [4.69, 9.17) is 0 Å². The maximum absolute atomic E-state index is 14.9. The van der Waals surface area contributed by atoms with Gasteiger partial charge in [0.2, 0.25) is 0 Å². The Hall–Kier alpha value is -4.02. The molecule has 3 aromatic carbocycles. The number of halogens is 6. The van der Waals surface area contributed by atoms with Gasteiger partial charge in [-0.15, -0.1) is 0 Å². The number of benzene rings is 3. The second-order valence-electron chi connectivity index (χ2n) is 9.79. The molecule has 0 heterocycles. The molecule has 0 aliphatic heterocycles. The molecular weight excluding hydrogens is 538 g/mol. The Morgan fingerprint density at radius 1 is 0.925 bits per heavy atom. The lowest BCUT2D eigenvalue weighted by Crippen LogP contribution is -2.56. The van der Waals surface area contributed by atoms with Gasteiger partial charge in [-0.25, -0.2) is 13.6 Å². The van der Waals surface area contributed by atoms with E-state index in [1.807, 2.05) is 0 Å². The summed E-state index contributed by atoms with van der Waals surface area (Å²) < 4.78 is 86.1. The monoisotopic (exact) mass is 564 g/mol. The molecule has 0 saturated heterocycles. The molecular formula is C29H26F6N2O3. The number of carbonyl (C=O) groups is 2. The van der Waals surface area contributed by atoms with Crippen LogP contribution >= 0.6 is 0 Å². The number of hydrogen-bond donors (Lipinski definition) is 2. The van der Waals surface area contributed by atoms with Gasteiger partial charge in [0.1, 0.15) is 23.2 Å². The van der Waals surface area contributed by atoms with Crippen LogP contribution in [0.3, 0.4) is 0 Å².